The molecule has 1 saturated heterocycles. The van der Waals surface area contributed by atoms with E-state index < -0.39 is 20.0 Å². The van der Waals surface area contributed by atoms with Gasteiger partial charge in [-0.25, -0.2) is 16.8 Å². The summed E-state index contributed by atoms with van der Waals surface area (Å²) in [4.78, 5) is -0.0107. The minimum Gasteiger partial charge on any atom is -0.360 e. The van der Waals surface area contributed by atoms with Gasteiger partial charge in [0.2, 0.25) is 10.0 Å². The average molecular weight is 385 g/mol. The summed E-state index contributed by atoms with van der Waals surface area (Å²) >= 11 is 0. The SMILES string of the molecule is Cc1ccc(NS(=O)(=O)c2c(C)noc2C)cc1N1CCCS1(=O)=O. The van der Waals surface area contributed by atoms with E-state index in [4.69, 9.17) is 4.52 Å². The van der Waals surface area contributed by atoms with Crippen LogP contribution in [0.15, 0.2) is 27.6 Å². The van der Waals surface area contributed by atoms with E-state index in [0.717, 1.165) is 5.56 Å². The van der Waals surface area contributed by atoms with E-state index in [-0.39, 0.29) is 27.8 Å². The summed E-state index contributed by atoms with van der Waals surface area (Å²) < 4.78 is 58.2. The van der Waals surface area contributed by atoms with Crippen LogP contribution in [0.4, 0.5) is 11.4 Å². The molecule has 0 saturated carbocycles. The molecule has 2 aromatic rings. The van der Waals surface area contributed by atoms with Crippen LogP contribution in [-0.2, 0) is 20.0 Å². The van der Waals surface area contributed by atoms with Gasteiger partial charge in [0.1, 0.15) is 5.69 Å². The van der Waals surface area contributed by atoms with Gasteiger partial charge in [-0.05, 0) is 44.9 Å². The zero-order valence-electron chi connectivity index (χ0n) is 14.1. The first kappa shape index (κ1) is 17.7. The van der Waals surface area contributed by atoms with Crippen molar-refractivity contribution in [3.8, 4) is 0 Å². The molecule has 3 rings (SSSR count). The zero-order valence-corrected chi connectivity index (χ0v) is 15.7. The van der Waals surface area contributed by atoms with E-state index in [2.05, 4.69) is 9.88 Å². The Labute approximate surface area is 146 Å². The Hall–Kier alpha value is -2.07. The Bertz CT molecular complexity index is 1010. The van der Waals surface area contributed by atoms with Crippen LogP contribution in [0.25, 0.3) is 0 Å². The van der Waals surface area contributed by atoms with E-state index in [1.54, 1.807) is 26.0 Å². The lowest BCUT2D eigenvalue weighted by Gasteiger charge is -2.20. The summed E-state index contributed by atoms with van der Waals surface area (Å²) in [5, 5.41) is 3.66. The van der Waals surface area contributed by atoms with Crippen LogP contribution in [0.5, 0.6) is 0 Å². The van der Waals surface area contributed by atoms with Crippen LogP contribution in [-0.4, -0.2) is 34.3 Å². The molecule has 25 heavy (non-hydrogen) atoms. The first-order chi connectivity index (χ1) is 11.6. The van der Waals surface area contributed by atoms with Crippen molar-refractivity contribution in [2.75, 3.05) is 21.3 Å². The van der Waals surface area contributed by atoms with Crippen LogP contribution < -0.4 is 9.03 Å². The number of rotatable bonds is 4. The van der Waals surface area contributed by atoms with Gasteiger partial charge in [0.25, 0.3) is 10.0 Å². The van der Waals surface area contributed by atoms with Crippen LogP contribution in [0, 0.1) is 20.8 Å². The van der Waals surface area contributed by atoms with Crippen molar-refractivity contribution in [3.05, 3.63) is 35.2 Å². The number of aromatic nitrogens is 1. The van der Waals surface area contributed by atoms with Crippen molar-refractivity contribution in [1.82, 2.24) is 5.16 Å². The molecule has 0 atom stereocenters. The second-order valence-corrected chi connectivity index (χ2v) is 9.63. The van der Waals surface area contributed by atoms with Gasteiger partial charge in [0.05, 0.1) is 17.1 Å². The molecule has 8 nitrogen and oxygen atoms in total. The Kier molecular flexibility index (Phi) is 4.28. The largest absolute Gasteiger partial charge is 0.360 e. The van der Waals surface area contributed by atoms with Gasteiger partial charge >= 0.3 is 0 Å². The van der Waals surface area contributed by atoms with E-state index in [0.29, 0.717) is 18.7 Å². The number of benzene rings is 1. The molecule has 136 valence electrons. The maximum Gasteiger partial charge on any atom is 0.267 e. The average Bonchev–Trinajstić information content (AvgIpc) is 3.03. The zero-order chi connectivity index (χ0) is 18.4. The predicted molar refractivity (Wildman–Crippen MR) is 93.7 cm³/mol. The molecule has 1 aliphatic heterocycles. The van der Waals surface area contributed by atoms with Gasteiger partial charge in [0, 0.05) is 6.54 Å². The maximum absolute atomic E-state index is 12.6. The number of anilines is 2. The van der Waals surface area contributed by atoms with Crippen molar-refractivity contribution in [1.29, 1.82) is 0 Å². The van der Waals surface area contributed by atoms with Gasteiger partial charge in [-0.2, -0.15) is 0 Å². The lowest BCUT2D eigenvalue weighted by atomic mass is 10.2. The van der Waals surface area contributed by atoms with Crippen LogP contribution in [0.2, 0.25) is 0 Å². The lowest BCUT2D eigenvalue weighted by Crippen LogP contribution is -2.26. The highest BCUT2D eigenvalue weighted by atomic mass is 32.2. The monoisotopic (exact) mass is 385 g/mol. The number of hydrogen-bond donors (Lipinski definition) is 1. The van der Waals surface area contributed by atoms with E-state index in [1.807, 2.05) is 0 Å². The van der Waals surface area contributed by atoms with Crippen LogP contribution in [0.3, 0.4) is 0 Å². The van der Waals surface area contributed by atoms with Crippen molar-refractivity contribution in [2.45, 2.75) is 32.1 Å². The summed E-state index contributed by atoms with van der Waals surface area (Å²) in [5.74, 6) is 0.293. The summed E-state index contributed by atoms with van der Waals surface area (Å²) in [6.45, 7) is 5.24. The molecule has 1 aromatic carbocycles. The van der Waals surface area contributed by atoms with Gasteiger partial charge in [0.15, 0.2) is 10.7 Å². The van der Waals surface area contributed by atoms with Crippen LogP contribution >= 0.6 is 0 Å². The van der Waals surface area contributed by atoms with Gasteiger partial charge in [-0.15, -0.1) is 0 Å². The van der Waals surface area contributed by atoms with Crippen molar-refractivity contribution in [2.24, 2.45) is 0 Å². The van der Waals surface area contributed by atoms with Gasteiger partial charge < -0.3 is 4.52 Å². The molecule has 1 N–H and O–H groups in total. The molecular weight excluding hydrogens is 366 g/mol. The molecule has 0 bridgehead atoms. The summed E-state index contributed by atoms with van der Waals surface area (Å²) in [6, 6.07) is 4.82. The number of aryl methyl sites for hydroxylation is 3. The third kappa shape index (κ3) is 3.23. The molecular formula is C15H19N3O5S2. The molecule has 0 radical (unpaired) electrons. The molecule has 0 spiro atoms. The highest BCUT2D eigenvalue weighted by Gasteiger charge is 2.30. The summed E-state index contributed by atoms with van der Waals surface area (Å²) in [5.41, 5.74) is 1.78. The Morgan fingerprint density at radius 2 is 1.96 bits per heavy atom. The molecule has 0 unspecified atom stereocenters. The Morgan fingerprint density at radius 1 is 1.24 bits per heavy atom. The minimum atomic E-state index is -3.89. The summed E-state index contributed by atoms with van der Waals surface area (Å²) in [6.07, 6.45) is 0.552. The molecule has 0 aliphatic carbocycles. The quantitative estimate of drug-likeness (QED) is 0.861. The number of nitrogens with one attached hydrogen (secondary N) is 1. The fraction of sp³-hybridized carbons (Fsp3) is 0.400. The van der Waals surface area contributed by atoms with Gasteiger partial charge in [-0.3, -0.25) is 9.03 Å². The third-order valence-electron chi connectivity index (χ3n) is 4.07. The number of sulfonamides is 2. The Morgan fingerprint density at radius 3 is 2.52 bits per heavy atom. The van der Waals surface area contributed by atoms with Gasteiger partial charge in [-0.1, -0.05) is 11.2 Å². The molecule has 1 aromatic heterocycles. The molecule has 10 heteroatoms. The lowest BCUT2D eigenvalue weighted by molar-refractivity contribution is 0.390. The smallest absolute Gasteiger partial charge is 0.267 e. The van der Waals surface area contributed by atoms with E-state index in [9.17, 15) is 16.8 Å². The third-order valence-corrected chi connectivity index (χ3v) is 7.55. The Balaban J connectivity index is 1.99. The van der Waals surface area contributed by atoms with Crippen molar-refractivity contribution >= 4 is 31.4 Å². The van der Waals surface area contributed by atoms with E-state index >= 15 is 0 Å². The van der Waals surface area contributed by atoms with Crippen molar-refractivity contribution < 1.29 is 21.4 Å². The normalized spacial score (nSPS) is 17.0. The fourth-order valence-electron chi connectivity index (χ4n) is 2.92. The molecule has 0 amide bonds. The predicted octanol–water partition coefficient (Wildman–Crippen LogP) is 1.94. The van der Waals surface area contributed by atoms with Crippen LogP contribution in [0.1, 0.15) is 23.4 Å². The number of nitrogens with zero attached hydrogens (tertiary/aromatic N) is 2. The molecule has 1 fully saturated rings. The highest BCUT2D eigenvalue weighted by Crippen LogP contribution is 2.31. The second-order valence-electron chi connectivity index (χ2n) is 6.00. The number of hydrogen-bond acceptors (Lipinski definition) is 6. The van der Waals surface area contributed by atoms with E-state index in [1.165, 1.54) is 17.3 Å². The summed E-state index contributed by atoms with van der Waals surface area (Å²) in [7, 11) is -7.24. The highest BCUT2D eigenvalue weighted by molar-refractivity contribution is 7.93. The first-order valence-electron chi connectivity index (χ1n) is 7.68. The minimum absolute atomic E-state index is 0.0107. The fourth-order valence-corrected chi connectivity index (χ4v) is 5.92. The standard InChI is InChI=1S/C15H19N3O5S2/c1-10-5-6-13(9-14(10)18-7-4-8-24(18,19)20)17-25(21,22)15-11(2)16-23-12(15)3/h5-6,9,17H,4,7-8H2,1-3H3. The first-order valence-corrected chi connectivity index (χ1v) is 10.8. The molecule has 2 heterocycles. The van der Waals surface area contributed by atoms with Crippen molar-refractivity contribution in [3.63, 3.8) is 0 Å². The second kappa shape index (κ2) is 6.03. The molecule has 1 aliphatic rings. The topological polar surface area (TPSA) is 110 Å². The maximum atomic E-state index is 12.6.